The molecule has 8 nitrogen and oxygen atoms in total. The second kappa shape index (κ2) is 10.6. The maximum absolute atomic E-state index is 12.6. The van der Waals surface area contributed by atoms with Gasteiger partial charge in [-0.1, -0.05) is 41.6 Å². The summed E-state index contributed by atoms with van der Waals surface area (Å²) in [4.78, 5) is 29.0. The lowest BCUT2D eigenvalue weighted by molar-refractivity contribution is -0.113. The van der Waals surface area contributed by atoms with Gasteiger partial charge in [-0.05, 0) is 26.0 Å². The lowest BCUT2D eigenvalue weighted by atomic mass is 10.2. The Balaban J connectivity index is 1.67. The molecule has 1 aromatic carbocycles. The number of carbonyl (C=O) groups is 2. The Morgan fingerprint density at radius 3 is 2.81 bits per heavy atom. The monoisotopic (exact) mass is 476 g/mol. The van der Waals surface area contributed by atoms with Crippen LogP contribution in [0.25, 0.3) is 0 Å². The van der Waals surface area contributed by atoms with Gasteiger partial charge in [0, 0.05) is 11.9 Å². The number of hydrogen-bond donors (Lipinski definition) is 2. The number of nitrogens with zero attached hydrogens (tertiary/aromatic N) is 4. The third-order valence-corrected chi connectivity index (χ3v) is 6.28. The average molecular weight is 477 g/mol. The number of anilines is 1. The minimum Gasteiger partial charge on any atom is -0.342 e. The second-order valence-electron chi connectivity index (χ2n) is 6.55. The summed E-state index contributed by atoms with van der Waals surface area (Å²) in [6, 6.07) is 6.39. The summed E-state index contributed by atoms with van der Waals surface area (Å²) >= 11 is 8.74. The van der Waals surface area contributed by atoms with E-state index >= 15 is 0 Å². The zero-order valence-corrected chi connectivity index (χ0v) is 19.4. The number of rotatable bonds is 9. The van der Waals surface area contributed by atoms with Crippen LogP contribution in [-0.2, 0) is 11.3 Å². The highest BCUT2D eigenvalue weighted by Gasteiger charge is 2.21. The van der Waals surface area contributed by atoms with Crippen molar-refractivity contribution in [1.82, 2.24) is 25.1 Å². The summed E-state index contributed by atoms with van der Waals surface area (Å²) < 4.78 is 1.82. The van der Waals surface area contributed by atoms with Gasteiger partial charge in [-0.3, -0.25) is 9.59 Å². The molecule has 162 valence electrons. The maximum Gasteiger partial charge on any atom is 0.253 e. The quantitative estimate of drug-likeness (QED) is 0.356. The Labute approximate surface area is 193 Å². The van der Waals surface area contributed by atoms with Gasteiger partial charge in [0.25, 0.3) is 5.91 Å². The van der Waals surface area contributed by atoms with Gasteiger partial charge in [0.2, 0.25) is 5.91 Å². The van der Waals surface area contributed by atoms with E-state index < -0.39 is 6.04 Å². The summed E-state index contributed by atoms with van der Waals surface area (Å²) in [5.41, 5.74) is 1.24. The van der Waals surface area contributed by atoms with Gasteiger partial charge in [0.15, 0.2) is 16.1 Å². The first-order valence-electron chi connectivity index (χ1n) is 9.33. The van der Waals surface area contributed by atoms with Gasteiger partial charge < -0.3 is 15.2 Å². The summed E-state index contributed by atoms with van der Waals surface area (Å²) in [7, 11) is 0. The van der Waals surface area contributed by atoms with Crippen LogP contribution in [0, 0.1) is 6.92 Å². The van der Waals surface area contributed by atoms with Crippen molar-refractivity contribution in [3.05, 3.63) is 64.4 Å². The summed E-state index contributed by atoms with van der Waals surface area (Å²) in [6.45, 7) is 7.89. The fraction of sp³-hybridized carbons (Fsp3) is 0.250. The van der Waals surface area contributed by atoms with Crippen molar-refractivity contribution < 1.29 is 9.59 Å². The lowest BCUT2D eigenvalue weighted by Gasteiger charge is -2.15. The van der Waals surface area contributed by atoms with Crippen LogP contribution in [0.4, 0.5) is 5.13 Å². The lowest BCUT2D eigenvalue weighted by Crippen LogP contribution is -2.29. The van der Waals surface area contributed by atoms with E-state index in [9.17, 15) is 9.59 Å². The Kier molecular flexibility index (Phi) is 7.83. The number of carbonyl (C=O) groups excluding carboxylic acids is 2. The molecule has 0 saturated carbocycles. The van der Waals surface area contributed by atoms with Crippen LogP contribution in [0.3, 0.4) is 0 Å². The number of aromatic nitrogens is 4. The van der Waals surface area contributed by atoms with E-state index in [0.717, 1.165) is 5.69 Å². The molecule has 0 spiro atoms. The molecule has 0 bridgehead atoms. The molecule has 2 amide bonds. The Morgan fingerprint density at radius 1 is 1.35 bits per heavy atom. The van der Waals surface area contributed by atoms with E-state index in [-0.39, 0.29) is 17.6 Å². The molecular formula is C20H21ClN6O2S2. The van der Waals surface area contributed by atoms with Gasteiger partial charge >= 0.3 is 0 Å². The molecule has 2 aromatic heterocycles. The number of allylic oxidation sites excluding steroid dienone is 1. The van der Waals surface area contributed by atoms with E-state index in [4.69, 9.17) is 11.6 Å². The molecule has 3 rings (SSSR count). The van der Waals surface area contributed by atoms with E-state index in [2.05, 4.69) is 32.4 Å². The highest BCUT2D eigenvalue weighted by atomic mass is 35.5. The van der Waals surface area contributed by atoms with E-state index in [1.54, 1.807) is 30.3 Å². The minimum absolute atomic E-state index is 0.147. The molecule has 0 aliphatic carbocycles. The third kappa shape index (κ3) is 5.93. The molecule has 31 heavy (non-hydrogen) atoms. The molecule has 0 saturated heterocycles. The molecule has 0 unspecified atom stereocenters. The summed E-state index contributed by atoms with van der Waals surface area (Å²) in [6.07, 6.45) is 1.71. The van der Waals surface area contributed by atoms with Gasteiger partial charge in [0.1, 0.15) is 0 Å². The highest BCUT2D eigenvalue weighted by molar-refractivity contribution is 7.99. The minimum atomic E-state index is -0.433. The van der Waals surface area contributed by atoms with Crippen LogP contribution in [-0.4, -0.2) is 37.3 Å². The molecule has 1 atom stereocenters. The normalized spacial score (nSPS) is 11.7. The second-order valence-corrected chi connectivity index (χ2v) is 8.75. The fourth-order valence-electron chi connectivity index (χ4n) is 2.71. The number of benzene rings is 1. The van der Waals surface area contributed by atoms with Crippen LogP contribution >= 0.6 is 34.7 Å². The average Bonchev–Trinajstić information content (AvgIpc) is 3.32. The van der Waals surface area contributed by atoms with E-state index in [1.165, 1.54) is 23.1 Å². The first-order chi connectivity index (χ1) is 14.9. The predicted molar refractivity (Wildman–Crippen MR) is 124 cm³/mol. The van der Waals surface area contributed by atoms with Crippen molar-refractivity contribution >= 4 is 51.6 Å². The van der Waals surface area contributed by atoms with Crippen molar-refractivity contribution in [1.29, 1.82) is 0 Å². The number of halogens is 1. The largest absolute Gasteiger partial charge is 0.342 e. The molecule has 0 fully saturated rings. The van der Waals surface area contributed by atoms with Crippen molar-refractivity contribution in [3.63, 3.8) is 0 Å². The summed E-state index contributed by atoms with van der Waals surface area (Å²) in [5.74, 6) is 0.209. The van der Waals surface area contributed by atoms with Crippen molar-refractivity contribution in [2.75, 3.05) is 11.1 Å². The molecule has 0 aliphatic rings. The van der Waals surface area contributed by atoms with Gasteiger partial charge in [-0.2, -0.15) is 0 Å². The van der Waals surface area contributed by atoms with Crippen molar-refractivity contribution in [2.24, 2.45) is 0 Å². The number of amides is 2. The number of hydrogen-bond acceptors (Lipinski definition) is 7. The van der Waals surface area contributed by atoms with Gasteiger partial charge in [0.05, 0.1) is 28.1 Å². The third-order valence-electron chi connectivity index (χ3n) is 4.11. The van der Waals surface area contributed by atoms with Crippen LogP contribution < -0.4 is 10.6 Å². The predicted octanol–water partition coefficient (Wildman–Crippen LogP) is 4.10. The van der Waals surface area contributed by atoms with Crippen molar-refractivity contribution in [2.45, 2.75) is 31.6 Å². The van der Waals surface area contributed by atoms with Gasteiger partial charge in [-0.25, -0.2) is 4.98 Å². The Bertz CT molecular complexity index is 1100. The number of aryl methyl sites for hydroxylation is 1. The van der Waals surface area contributed by atoms with E-state index in [0.29, 0.717) is 33.2 Å². The Hall–Kier alpha value is -2.69. The molecule has 3 aromatic rings. The standard InChI is InChI=1S/C20H21ClN6O2S2/c1-4-9-27-17(13(3)23-18(29)14-7-5-6-8-15(14)21)25-26-20(27)31-11-16(28)24-19-22-12(2)10-30-19/h4-8,10,13H,1,9,11H2,2-3H3,(H,23,29)(H,22,24,28)/t13-/m1/s1. The smallest absolute Gasteiger partial charge is 0.253 e. The fourth-order valence-corrected chi connectivity index (χ4v) is 4.39. The van der Waals surface area contributed by atoms with Crippen molar-refractivity contribution in [3.8, 4) is 0 Å². The van der Waals surface area contributed by atoms with Gasteiger partial charge in [-0.15, -0.1) is 28.1 Å². The number of nitrogens with one attached hydrogen (secondary N) is 2. The molecule has 0 radical (unpaired) electrons. The molecule has 0 aliphatic heterocycles. The Morgan fingerprint density at radius 2 is 2.13 bits per heavy atom. The first-order valence-corrected chi connectivity index (χ1v) is 11.6. The highest BCUT2D eigenvalue weighted by Crippen LogP contribution is 2.23. The zero-order valence-electron chi connectivity index (χ0n) is 17.0. The van der Waals surface area contributed by atoms with Crippen LogP contribution in [0.15, 0.2) is 47.5 Å². The molecule has 2 heterocycles. The molecule has 11 heteroatoms. The zero-order chi connectivity index (χ0) is 22.4. The maximum atomic E-state index is 12.6. The van der Waals surface area contributed by atoms with Crippen LogP contribution in [0.2, 0.25) is 5.02 Å². The molecular weight excluding hydrogens is 456 g/mol. The summed E-state index contributed by atoms with van der Waals surface area (Å²) in [5, 5.41) is 17.4. The van der Waals surface area contributed by atoms with E-state index in [1.807, 2.05) is 23.8 Å². The first kappa shape index (κ1) is 23.0. The number of thioether (sulfide) groups is 1. The SMILES string of the molecule is C=CCn1c(SCC(=O)Nc2nc(C)cs2)nnc1[C@@H](C)NC(=O)c1ccccc1Cl. The molecule has 2 N–H and O–H groups in total. The van der Waals surface area contributed by atoms with Crippen LogP contribution in [0.5, 0.6) is 0 Å². The number of thiazole rings is 1. The topological polar surface area (TPSA) is 102 Å². The van der Waals surface area contributed by atoms with Crippen LogP contribution in [0.1, 0.15) is 34.8 Å².